The zero-order chi connectivity index (χ0) is 17.5. The van der Waals surface area contributed by atoms with E-state index in [1.54, 1.807) is 40.0 Å². The lowest BCUT2D eigenvalue weighted by molar-refractivity contribution is -0.139. The Labute approximate surface area is 136 Å². The summed E-state index contributed by atoms with van der Waals surface area (Å²) in [6, 6.07) is 6.29. The molecule has 0 aliphatic carbocycles. The largest absolute Gasteiger partial charge is 0.497 e. The van der Waals surface area contributed by atoms with Crippen molar-refractivity contribution < 1.29 is 24.2 Å². The maximum Gasteiger partial charge on any atom is 0.408 e. The van der Waals surface area contributed by atoms with Crippen LogP contribution in [0.15, 0.2) is 30.3 Å². The van der Waals surface area contributed by atoms with Gasteiger partial charge in [-0.25, -0.2) is 9.59 Å². The van der Waals surface area contributed by atoms with E-state index in [0.717, 1.165) is 11.3 Å². The van der Waals surface area contributed by atoms with Gasteiger partial charge in [0, 0.05) is 0 Å². The van der Waals surface area contributed by atoms with Crippen LogP contribution in [0.25, 0.3) is 6.08 Å². The van der Waals surface area contributed by atoms with Crippen LogP contribution in [-0.4, -0.2) is 35.9 Å². The Balaban J connectivity index is 2.60. The maximum absolute atomic E-state index is 11.6. The first-order valence-corrected chi connectivity index (χ1v) is 7.24. The minimum Gasteiger partial charge on any atom is -0.497 e. The molecule has 0 saturated heterocycles. The number of carboxylic acids is 1. The summed E-state index contributed by atoms with van der Waals surface area (Å²) >= 11 is 0. The molecule has 0 spiro atoms. The molecule has 0 aliphatic heterocycles. The highest BCUT2D eigenvalue weighted by atomic mass is 16.6. The number of nitrogens with one attached hydrogen (secondary N) is 1. The highest BCUT2D eigenvalue weighted by molar-refractivity contribution is 5.80. The van der Waals surface area contributed by atoms with E-state index in [9.17, 15) is 9.59 Å². The average Bonchev–Trinajstić information content (AvgIpc) is 2.44. The molecule has 0 heterocycles. The topological polar surface area (TPSA) is 84.9 Å². The van der Waals surface area contributed by atoms with Crippen LogP contribution in [0.1, 0.15) is 32.8 Å². The van der Waals surface area contributed by atoms with Crippen LogP contribution in [0.4, 0.5) is 4.79 Å². The Morgan fingerprint density at radius 2 is 1.87 bits per heavy atom. The molecular weight excluding hydrogens is 298 g/mol. The molecule has 0 radical (unpaired) electrons. The average molecular weight is 321 g/mol. The smallest absolute Gasteiger partial charge is 0.408 e. The summed E-state index contributed by atoms with van der Waals surface area (Å²) in [5.74, 6) is -0.368. The highest BCUT2D eigenvalue weighted by Gasteiger charge is 2.22. The Bertz CT molecular complexity index is 557. The molecule has 23 heavy (non-hydrogen) atoms. The number of hydrogen-bond donors (Lipinski definition) is 2. The maximum atomic E-state index is 11.6. The van der Waals surface area contributed by atoms with Gasteiger partial charge in [0.25, 0.3) is 0 Å². The minimum atomic E-state index is -1.12. The number of methoxy groups -OCH3 is 1. The molecule has 6 nitrogen and oxygen atoms in total. The zero-order valence-electron chi connectivity index (χ0n) is 13.8. The van der Waals surface area contributed by atoms with E-state index in [-0.39, 0.29) is 6.42 Å². The first-order chi connectivity index (χ1) is 10.7. The summed E-state index contributed by atoms with van der Waals surface area (Å²) in [7, 11) is 1.59. The van der Waals surface area contributed by atoms with Gasteiger partial charge in [-0.15, -0.1) is 0 Å². The van der Waals surface area contributed by atoms with E-state index in [1.807, 2.05) is 24.3 Å². The molecule has 0 saturated carbocycles. The molecule has 0 unspecified atom stereocenters. The second kappa shape index (κ2) is 8.22. The van der Waals surface area contributed by atoms with Crippen molar-refractivity contribution >= 4 is 18.1 Å². The van der Waals surface area contributed by atoms with Crippen molar-refractivity contribution in [1.82, 2.24) is 5.32 Å². The Morgan fingerprint density at radius 1 is 1.26 bits per heavy atom. The molecule has 1 rings (SSSR count). The summed E-state index contributed by atoms with van der Waals surface area (Å²) in [5, 5.41) is 11.5. The SMILES string of the molecule is COc1ccc(/C=C/C[C@H](NC(=O)OC(C)(C)C)C(=O)O)cc1. The van der Waals surface area contributed by atoms with E-state index < -0.39 is 23.7 Å². The van der Waals surface area contributed by atoms with Crippen molar-refractivity contribution in [3.05, 3.63) is 35.9 Å². The highest BCUT2D eigenvalue weighted by Crippen LogP contribution is 2.13. The Morgan fingerprint density at radius 3 is 2.35 bits per heavy atom. The van der Waals surface area contributed by atoms with Crippen LogP contribution in [-0.2, 0) is 9.53 Å². The van der Waals surface area contributed by atoms with Crippen molar-refractivity contribution in [2.75, 3.05) is 7.11 Å². The first-order valence-electron chi connectivity index (χ1n) is 7.24. The lowest BCUT2D eigenvalue weighted by Gasteiger charge is -2.21. The number of hydrogen-bond acceptors (Lipinski definition) is 4. The predicted molar refractivity (Wildman–Crippen MR) is 87.4 cm³/mol. The molecule has 126 valence electrons. The van der Waals surface area contributed by atoms with Crippen molar-refractivity contribution in [2.45, 2.75) is 38.8 Å². The van der Waals surface area contributed by atoms with Gasteiger partial charge in [0.15, 0.2) is 0 Å². The fourth-order valence-electron chi connectivity index (χ4n) is 1.73. The van der Waals surface area contributed by atoms with Crippen LogP contribution < -0.4 is 10.1 Å². The van der Waals surface area contributed by atoms with Crippen LogP contribution >= 0.6 is 0 Å². The molecule has 0 bridgehead atoms. The number of ether oxygens (including phenoxy) is 2. The fraction of sp³-hybridized carbons (Fsp3) is 0.412. The number of carbonyl (C=O) groups is 2. The lowest BCUT2D eigenvalue weighted by atomic mass is 10.1. The van der Waals surface area contributed by atoms with Crippen LogP contribution in [0.3, 0.4) is 0 Å². The van der Waals surface area contributed by atoms with Gasteiger partial charge in [0.1, 0.15) is 17.4 Å². The first kappa shape index (κ1) is 18.5. The van der Waals surface area contributed by atoms with E-state index in [1.165, 1.54) is 0 Å². The summed E-state index contributed by atoms with van der Waals surface area (Å²) in [4.78, 5) is 22.8. The molecule has 1 aromatic rings. The molecule has 0 aromatic heterocycles. The van der Waals surface area contributed by atoms with Gasteiger partial charge < -0.3 is 19.9 Å². The number of aliphatic carboxylic acids is 1. The van der Waals surface area contributed by atoms with Crippen LogP contribution in [0.2, 0.25) is 0 Å². The van der Waals surface area contributed by atoms with Crippen molar-refractivity contribution in [1.29, 1.82) is 0 Å². The van der Waals surface area contributed by atoms with Gasteiger partial charge in [-0.05, 0) is 44.9 Å². The van der Waals surface area contributed by atoms with Gasteiger partial charge in [-0.2, -0.15) is 0 Å². The number of carboxylic acid groups (broad SMARTS) is 1. The van der Waals surface area contributed by atoms with Crippen molar-refractivity contribution in [3.63, 3.8) is 0 Å². The summed E-state index contributed by atoms with van der Waals surface area (Å²) in [6.45, 7) is 5.14. The molecule has 0 fully saturated rings. The normalized spacial score (nSPS) is 12.7. The van der Waals surface area contributed by atoms with Gasteiger partial charge in [-0.3, -0.25) is 0 Å². The van der Waals surface area contributed by atoms with Gasteiger partial charge in [-0.1, -0.05) is 24.3 Å². The second-order valence-electron chi connectivity index (χ2n) is 5.95. The monoisotopic (exact) mass is 321 g/mol. The minimum absolute atomic E-state index is 0.153. The predicted octanol–water partition coefficient (Wildman–Crippen LogP) is 3.08. The number of alkyl carbamates (subject to hydrolysis) is 1. The molecule has 1 atom stereocenters. The van der Waals surface area contributed by atoms with Crippen LogP contribution in [0, 0.1) is 0 Å². The quantitative estimate of drug-likeness (QED) is 0.841. The Hall–Kier alpha value is -2.50. The van der Waals surface area contributed by atoms with E-state index in [4.69, 9.17) is 14.6 Å². The number of amides is 1. The number of rotatable bonds is 6. The molecule has 1 aromatic carbocycles. The van der Waals surface area contributed by atoms with Crippen LogP contribution in [0.5, 0.6) is 5.75 Å². The third-order valence-electron chi connectivity index (χ3n) is 2.79. The van der Waals surface area contributed by atoms with E-state index in [0.29, 0.717) is 0 Å². The molecule has 2 N–H and O–H groups in total. The third kappa shape index (κ3) is 7.35. The Kier molecular flexibility index (Phi) is 6.63. The molecule has 6 heteroatoms. The summed E-state index contributed by atoms with van der Waals surface area (Å²) < 4.78 is 10.1. The van der Waals surface area contributed by atoms with Gasteiger partial charge in [0.05, 0.1) is 7.11 Å². The van der Waals surface area contributed by atoms with E-state index in [2.05, 4.69) is 5.32 Å². The number of benzene rings is 1. The second-order valence-corrected chi connectivity index (χ2v) is 5.95. The van der Waals surface area contributed by atoms with Crippen molar-refractivity contribution in [2.24, 2.45) is 0 Å². The van der Waals surface area contributed by atoms with E-state index >= 15 is 0 Å². The van der Waals surface area contributed by atoms with Gasteiger partial charge in [0.2, 0.25) is 0 Å². The fourth-order valence-corrected chi connectivity index (χ4v) is 1.73. The summed E-state index contributed by atoms with van der Waals surface area (Å²) in [5.41, 5.74) is 0.235. The molecule has 0 aliphatic rings. The summed E-state index contributed by atoms with van der Waals surface area (Å²) in [6.07, 6.45) is 2.88. The number of carbonyl (C=O) groups excluding carboxylic acids is 1. The molecular formula is C17H23NO5. The molecule has 1 amide bonds. The standard InChI is InChI=1S/C17H23NO5/c1-17(2,3)23-16(21)18-14(15(19)20)7-5-6-12-8-10-13(22-4)11-9-12/h5-6,8-11,14H,7H2,1-4H3,(H,18,21)(H,19,20)/b6-5+/t14-/m0/s1. The third-order valence-corrected chi connectivity index (χ3v) is 2.79. The van der Waals surface area contributed by atoms with Crippen molar-refractivity contribution in [3.8, 4) is 5.75 Å². The zero-order valence-corrected chi connectivity index (χ0v) is 13.8. The lowest BCUT2D eigenvalue weighted by Crippen LogP contribution is -2.43. The van der Waals surface area contributed by atoms with Gasteiger partial charge >= 0.3 is 12.1 Å².